The van der Waals surface area contributed by atoms with Gasteiger partial charge < -0.3 is 15.1 Å². The molecule has 0 spiro atoms. The van der Waals surface area contributed by atoms with Crippen LogP contribution in [0.1, 0.15) is 24.1 Å². The highest BCUT2D eigenvalue weighted by molar-refractivity contribution is 9.10. The van der Waals surface area contributed by atoms with E-state index in [4.69, 9.17) is 10.2 Å². The van der Waals surface area contributed by atoms with E-state index in [0.717, 1.165) is 27.8 Å². The van der Waals surface area contributed by atoms with Gasteiger partial charge in [0.1, 0.15) is 0 Å². The predicted octanol–water partition coefficient (Wildman–Crippen LogP) is 3.70. The third-order valence-corrected chi connectivity index (χ3v) is 3.39. The highest BCUT2D eigenvalue weighted by Crippen LogP contribution is 2.29. The number of hydrogen-bond acceptors (Lipinski definition) is 3. The zero-order valence-corrected chi connectivity index (χ0v) is 12.1. The molecule has 96 valence electrons. The molecule has 1 atom stereocenters. The topological polar surface area (TPSA) is 42.4 Å². The van der Waals surface area contributed by atoms with Crippen LogP contribution in [0.2, 0.25) is 0 Å². The van der Waals surface area contributed by atoms with E-state index in [9.17, 15) is 0 Å². The summed E-state index contributed by atoms with van der Waals surface area (Å²) in [6.45, 7) is 2.80. The van der Waals surface area contributed by atoms with E-state index in [2.05, 4.69) is 40.0 Å². The minimum absolute atomic E-state index is 0.0138. The second kappa shape index (κ2) is 5.59. The molecule has 0 aliphatic heterocycles. The summed E-state index contributed by atoms with van der Waals surface area (Å²) in [5.74, 6) is 0. The maximum atomic E-state index is 6.02. The van der Waals surface area contributed by atoms with Crippen molar-refractivity contribution in [2.75, 3.05) is 11.9 Å². The Hall–Kier alpha value is -1.26. The third-order valence-electron chi connectivity index (χ3n) is 2.89. The van der Waals surface area contributed by atoms with Crippen molar-refractivity contribution < 1.29 is 4.42 Å². The summed E-state index contributed by atoms with van der Waals surface area (Å²) in [4.78, 5) is 2.17. The number of hydrogen-bond donors (Lipinski definition) is 1. The van der Waals surface area contributed by atoms with E-state index in [0.29, 0.717) is 0 Å². The molecule has 2 rings (SSSR count). The molecule has 1 aromatic carbocycles. The predicted molar refractivity (Wildman–Crippen MR) is 77.6 cm³/mol. The van der Waals surface area contributed by atoms with E-state index >= 15 is 0 Å². The molecule has 3 nitrogen and oxygen atoms in total. The van der Waals surface area contributed by atoms with E-state index in [1.807, 2.05) is 19.1 Å². The fourth-order valence-corrected chi connectivity index (χ4v) is 2.32. The molecule has 4 heteroatoms. The Morgan fingerprint density at radius 1 is 1.39 bits per heavy atom. The van der Waals surface area contributed by atoms with Crippen molar-refractivity contribution in [1.29, 1.82) is 0 Å². The Labute approximate surface area is 116 Å². The molecule has 2 N–H and O–H groups in total. The van der Waals surface area contributed by atoms with Gasteiger partial charge in [-0.15, -0.1) is 0 Å². The zero-order valence-electron chi connectivity index (χ0n) is 10.6. The van der Waals surface area contributed by atoms with Gasteiger partial charge >= 0.3 is 0 Å². The molecule has 0 aliphatic carbocycles. The van der Waals surface area contributed by atoms with Crippen molar-refractivity contribution in [3.8, 4) is 0 Å². The second-order valence-corrected chi connectivity index (χ2v) is 5.40. The van der Waals surface area contributed by atoms with Gasteiger partial charge in [-0.05, 0) is 30.7 Å². The molecule has 1 heterocycles. The van der Waals surface area contributed by atoms with Crippen molar-refractivity contribution in [2.24, 2.45) is 5.73 Å². The summed E-state index contributed by atoms with van der Waals surface area (Å²) < 4.78 is 6.15. The van der Waals surface area contributed by atoms with Gasteiger partial charge in [-0.25, -0.2) is 0 Å². The fraction of sp³-hybridized carbons (Fsp3) is 0.286. The van der Waals surface area contributed by atoms with Crippen LogP contribution in [0.4, 0.5) is 5.69 Å². The van der Waals surface area contributed by atoms with Crippen molar-refractivity contribution >= 4 is 21.6 Å². The first kappa shape index (κ1) is 13.2. The molecule has 0 saturated heterocycles. The highest BCUT2D eigenvalue weighted by Gasteiger charge is 2.12. The van der Waals surface area contributed by atoms with Crippen LogP contribution in [-0.4, -0.2) is 7.05 Å². The number of nitrogens with zero attached hydrogens (tertiary/aromatic N) is 1. The maximum Gasteiger partial charge on any atom is 0.0952 e. The zero-order chi connectivity index (χ0) is 13.1. The monoisotopic (exact) mass is 308 g/mol. The average Bonchev–Trinajstić information content (AvgIpc) is 2.81. The lowest BCUT2D eigenvalue weighted by molar-refractivity contribution is 0.563. The second-order valence-electron chi connectivity index (χ2n) is 4.48. The number of rotatable bonds is 4. The number of nitrogens with two attached hydrogens (primary N) is 1. The van der Waals surface area contributed by atoms with Crippen LogP contribution < -0.4 is 10.6 Å². The largest absolute Gasteiger partial charge is 0.472 e. The first-order chi connectivity index (χ1) is 8.58. The number of anilines is 1. The maximum absolute atomic E-state index is 6.02. The van der Waals surface area contributed by atoms with Crippen molar-refractivity contribution in [1.82, 2.24) is 0 Å². The molecule has 0 amide bonds. The van der Waals surface area contributed by atoms with Gasteiger partial charge in [0, 0.05) is 35.4 Å². The molecule has 1 unspecified atom stereocenters. The van der Waals surface area contributed by atoms with E-state index < -0.39 is 0 Å². The van der Waals surface area contributed by atoms with Gasteiger partial charge in [0.25, 0.3) is 0 Å². The SMILES string of the molecule is CC(N)c1ccc(Br)cc1N(C)Cc1ccoc1. The smallest absolute Gasteiger partial charge is 0.0952 e. The summed E-state index contributed by atoms with van der Waals surface area (Å²) in [6.07, 6.45) is 3.45. The Kier molecular flexibility index (Phi) is 4.09. The molecule has 1 aromatic heterocycles. The van der Waals surface area contributed by atoms with Crippen molar-refractivity contribution in [3.05, 3.63) is 52.4 Å². The third kappa shape index (κ3) is 2.94. The molecule has 2 aromatic rings. The van der Waals surface area contributed by atoms with Gasteiger partial charge in [0.15, 0.2) is 0 Å². The standard InChI is InChI=1S/C14H17BrN2O/c1-10(16)13-4-3-12(15)7-14(13)17(2)8-11-5-6-18-9-11/h3-7,9-10H,8,16H2,1-2H3. The lowest BCUT2D eigenvalue weighted by Gasteiger charge is -2.23. The van der Waals surface area contributed by atoms with Gasteiger partial charge in [0.05, 0.1) is 12.5 Å². The van der Waals surface area contributed by atoms with Crippen LogP contribution in [0.3, 0.4) is 0 Å². The lowest BCUT2D eigenvalue weighted by Crippen LogP contribution is -2.20. The van der Waals surface area contributed by atoms with Gasteiger partial charge in [-0.2, -0.15) is 0 Å². The summed E-state index contributed by atoms with van der Waals surface area (Å²) in [6, 6.07) is 8.17. The molecule has 0 aliphatic rings. The van der Waals surface area contributed by atoms with Gasteiger partial charge in [0.2, 0.25) is 0 Å². The average molecular weight is 309 g/mol. The number of benzene rings is 1. The molecule has 0 fully saturated rings. The molecule has 0 radical (unpaired) electrons. The quantitative estimate of drug-likeness (QED) is 0.936. The van der Waals surface area contributed by atoms with Crippen LogP contribution in [0.5, 0.6) is 0 Å². The van der Waals surface area contributed by atoms with Crippen LogP contribution in [0.15, 0.2) is 45.7 Å². The summed E-state index contributed by atoms with van der Waals surface area (Å²) in [5, 5.41) is 0. The first-order valence-corrected chi connectivity index (χ1v) is 6.64. The first-order valence-electron chi connectivity index (χ1n) is 5.85. The Morgan fingerprint density at radius 3 is 2.78 bits per heavy atom. The summed E-state index contributed by atoms with van der Waals surface area (Å²) in [5.41, 5.74) is 9.44. The van der Waals surface area contributed by atoms with Crippen molar-refractivity contribution in [3.63, 3.8) is 0 Å². The van der Waals surface area contributed by atoms with E-state index in [1.165, 1.54) is 0 Å². The fourth-order valence-electron chi connectivity index (χ4n) is 1.97. The molecule has 0 bridgehead atoms. The van der Waals surface area contributed by atoms with Crippen molar-refractivity contribution in [2.45, 2.75) is 19.5 Å². The highest BCUT2D eigenvalue weighted by atomic mass is 79.9. The lowest BCUT2D eigenvalue weighted by atomic mass is 10.1. The summed E-state index contributed by atoms with van der Waals surface area (Å²) >= 11 is 3.51. The van der Waals surface area contributed by atoms with Crippen LogP contribution in [0.25, 0.3) is 0 Å². The van der Waals surface area contributed by atoms with E-state index in [1.54, 1.807) is 12.5 Å². The minimum Gasteiger partial charge on any atom is -0.472 e. The summed E-state index contributed by atoms with van der Waals surface area (Å²) in [7, 11) is 2.06. The normalized spacial score (nSPS) is 12.4. The Morgan fingerprint density at radius 2 is 2.17 bits per heavy atom. The molecular formula is C14H17BrN2O. The Balaban J connectivity index is 2.28. The van der Waals surface area contributed by atoms with Crippen LogP contribution in [-0.2, 0) is 6.54 Å². The number of halogens is 1. The minimum atomic E-state index is 0.0138. The Bertz CT molecular complexity index is 509. The van der Waals surface area contributed by atoms with Crippen LogP contribution in [0, 0.1) is 0 Å². The van der Waals surface area contributed by atoms with E-state index in [-0.39, 0.29) is 6.04 Å². The molecule has 0 saturated carbocycles. The van der Waals surface area contributed by atoms with Gasteiger partial charge in [-0.1, -0.05) is 22.0 Å². The van der Waals surface area contributed by atoms with Gasteiger partial charge in [-0.3, -0.25) is 0 Å². The number of furan rings is 1. The van der Waals surface area contributed by atoms with Crippen LogP contribution >= 0.6 is 15.9 Å². The molecule has 18 heavy (non-hydrogen) atoms. The molecular weight excluding hydrogens is 292 g/mol.